The van der Waals surface area contributed by atoms with Crippen LogP contribution in [0.2, 0.25) is 0 Å². The van der Waals surface area contributed by atoms with Gasteiger partial charge < -0.3 is 14.7 Å². The van der Waals surface area contributed by atoms with Gasteiger partial charge in [-0.3, -0.25) is 4.79 Å². The summed E-state index contributed by atoms with van der Waals surface area (Å²) in [5.41, 5.74) is 2.05. The number of aliphatic hydroxyl groups is 1. The van der Waals surface area contributed by atoms with Crippen molar-refractivity contribution in [1.29, 1.82) is 0 Å². The van der Waals surface area contributed by atoms with Gasteiger partial charge >= 0.3 is 0 Å². The van der Waals surface area contributed by atoms with Crippen LogP contribution in [0.25, 0.3) is 0 Å². The first-order valence-corrected chi connectivity index (χ1v) is 7.16. The maximum atomic E-state index is 12.3. The van der Waals surface area contributed by atoms with E-state index in [9.17, 15) is 9.90 Å². The fourth-order valence-electron chi connectivity index (χ4n) is 2.70. The topological polar surface area (TPSA) is 49.8 Å². The lowest BCUT2D eigenvalue weighted by molar-refractivity contribution is -0.132. The maximum Gasteiger partial charge on any atom is 0.227 e. The Bertz CT molecular complexity index is 473. The summed E-state index contributed by atoms with van der Waals surface area (Å²) in [4.78, 5) is 14.2. The Balaban J connectivity index is 2.00. The summed E-state index contributed by atoms with van der Waals surface area (Å²) in [6.07, 6.45) is 2.39. The van der Waals surface area contributed by atoms with Gasteiger partial charge in [-0.15, -0.1) is 0 Å². The molecular weight excluding hydrogens is 254 g/mol. The molecule has 0 saturated carbocycles. The molecule has 1 N–H and O–H groups in total. The van der Waals surface area contributed by atoms with Gasteiger partial charge in [0.05, 0.1) is 13.5 Å². The number of hydrogen-bond acceptors (Lipinski definition) is 3. The van der Waals surface area contributed by atoms with Crippen molar-refractivity contribution in [3.05, 3.63) is 29.3 Å². The fourth-order valence-corrected chi connectivity index (χ4v) is 2.70. The number of hydrogen-bond donors (Lipinski definition) is 1. The summed E-state index contributed by atoms with van der Waals surface area (Å²) in [7, 11) is 1.64. The lowest BCUT2D eigenvalue weighted by Crippen LogP contribution is -2.41. The van der Waals surface area contributed by atoms with Gasteiger partial charge in [0.2, 0.25) is 5.91 Å². The van der Waals surface area contributed by atoms with Crippen LogP contribution >= 0.6 is 0 Å². The first kappa shape index (κ1) is 14.9. The molecule has 1 atom stereocenters. The molecule has 1 aliphatic heterocycles. The third kappa shape index (κ3) is 3.51. The lowest BCUT2D eigenvalue weighted by Gasteiger charge is -2.32. The van der Waals surface area contributed by atoms with Crippen LogP contribution in [0.5, 0.6) is 5.75 Å². The van der Waals surface area contributed by atoms with E-state index in [1.54, 1.807) is 7.11 Å². The van der Waals surface area contributed by atoms with Crippen LogP contribution in [0.15, 0.2) is 18.2 Å². The van der Waals surface area contributed by atoms with E-state index in [2.05, 4.69) is 0 Å². The number of benzene rings is 1. The van der Waals surface area contributed by atoms with Gasteiger partial charge in [0.15, 0.2) is 0 Å². The summed E-state index contributed by atoms with van der Waals surface area (Å²) in [6.45, 7) is 3.64. The monoisotopic (exact) mass is 277 g/mol. The number of nitrogens with zero attached hydrogens (tertiary/aromatic N) is 1. The minimum absolute atomic E-state index is 0.133. The molecule has 1 aliphatic rings. The zero-order valence-corrected chi connectivity index (χ0v) is 12.3. The van der Waals surface area contributed by atoms with Crippen molar-refractivity contribution in [2.24, 2.45) is 5.92 Å². The lowest BCUT2D eigenvalue weighted by atomic mass is 9.98. The van der Waals surface area contributed by atoms with Crippen molar-refractivity contribution in [2.75, 3.05) is 26.8 Å². The number of carbonyl (C=O) groups is 1. The fraction of sp³-hybridized carbons (Fsp3) is 0.562. The van der Waals surface area contributed by atoms with Gasteiger partial charge in [-0.25, -0.2) is 0 Å². The maximum absolute atomic E-state index is 12.3. The highest BCUT2D eigenvalue weighted by atomic mass is 16.5. The van der Waals surface area contributed by atoms with Crippen molar-refractivity contribution in [3.8, 4) is 5.75 Å². The third-order valence-corrected chi connectivity index (χ3v) is 3.96. The molecule has 0 aliphatic carbocycles. The molecule has 1 unspecified atom stereocenters. The van der Waals surface area contributed by atoms with Gasteiger partial charge in [-0.1, -0.05) is 12.1 Å². The summed E-state index contributed by atoms with van der Waals surface area (Å²) < 4.78 is 5.29. The molecule has 0 spiro atoms. The van der Waals surface area contributed by atoms with E-state index in [0.717, 1.165) is 36.3 Å². The number of likely N-dealkylation sites (tertiary alicyclic amines) is 1. The molecule has 20 heavy (non-hydrogen) atoms. The van der Waals surface area contributed by atoms with Crippen molar-refractivity contribution in [3.63, 3.8) is 0 Å². The van der Waals surface area contributed by atoms with Gasteiger partial charge in [-0.05, 0) is 42.9 Å². The Kier molecular flexibility index (Phi) is 5.01. The SMILES string of the molecule is COc1cc(CC(=O)N2CCCC(CO)C2)ccc1C. The Labute approximate surface area is 120 Å². The molecule has 110 valence electrons. The van der Waals surface area contributed by atoms with E-state index in [1.165, 1.54) is 0 Å². The van der Waals surface area contributed by atoms with Gasteiger partial charge in [-0.2, -0.15) is 0 Å². The van der Waals surface area contributed by atoms with E-state index < -0.39 is 0 Å². The third-order valence-electron chi connectivity index (χ3n) is 3.96. The Hall–Kier alpha value is -1.55. The number of rotatable bonds is 4. The average molecular weight is 277 g/mol. The molecule has 4 heteroatoms. The zero-order valence-electron chi connectivity index (χ0n) is 12.3. The molecule has 0 radical (unpaired) electrons. The minimum Gasteiger partial charge on any atom is -0.496 e. The zero-order chi connectivity index (χ0) is 14.5. The summed E-state index contributed by atoms with van der Waals surface area (Å²) >= 11 is 0. The molecule has 1 amide bonds. The van der Waals surface area contributed by atoms with Crippen LogP contribution in [-0.4, -0.2) is 42.7 Å². The van der Waals surface area contributed by atoms with Crippen molar-refractivity contribution in [1.82, 2.24) is 4.90 Å². The first-order valence-electron chi connectivity index (χ1n) is 7.16. The molecule has 1 heterocycles. The highest BCUT2D eigenvalue weighted by Crippen LogP contribution is 2.21. The Morgan fingerprint density at radius 2 is 2.30 bits per heavy atom. The van der Waals surface area contributed by atoms with Crippen LogP contribution in [0, 0.1) is 12.8 Å². The summed E-state index contributed by atoms with van der Waals surface area (Å²) in [5.74, 6) is 1.19. The van der Waals surface area contributed by atoms with Gasteiger partial charge in [0.25, 0.3) is 0 Å². The largest absolute Gasteiger partial charge is 0.496 e. The Morgan fingerprint density at radius 1 is 1.50 bits per heavy atom. The minimum atomic E-state index is 0.133. The summed E-state index contributed by atoms with van der Waals surface area (Å²) in [5, 5.41) is 9.22. The molecular formula is C16H23NO3. The number of aryl methyl sites for hydroxylation is 1. The molecule has 4 nitrogen and oxygen atoms in total. The highest BCUT2D eigenvalue weighted by Gasteiger charge is 2.23. The number of methoxy groups -OCH3 is 1. The van der Waals surface area contributed by atoms with Crippen LogP contribution in [-0.2, 0) is 11.2 Å². The van der Waals surface area contributed by atoms with E-state index in [1.807, 2.05) is 30.0 Å². The van der Waals surface area contributed by atoms with Gasteiger partial charge in [0, 0.05) is 19.7 Å². The normalized spacial score (nSPS) is 18.9. The van der Waals surface area contributed by atoms with Crippen LogP contribution < -0.4 is 4.74 Å². The molecule has 1 aromatic carbocycles. The van der Waals surface area contributed by atoms with Gasteiger partial charge in [0.1, 0.15) is 5.75 Å². The van der Waals surface area contributed by atoms with Crippen LogP contribution in [0.1, 0.15) is 24.0 Å². The smallest absolute Gasteiger partial charge is 0.227 e. The van der Waals surface area contributed by atoms with E-state index >= 15 is 0 Å². The van der Waals surface area contributed by atoms with Crippen molar-refractivity contribution in [2.45, 2.75) is 26.2 Å². The quantitative estimate of drug-likeness (QED) is 0.912. The number of carbonyl (C=O) groups excluding carboxylic acids is 1. The number of amides is 1. The predicted octanol–water partition coefficient (Wildman–Crippen LogP) is 1.78. The van der Waals surface area contributed by atoms with Crippen molar-refractivity contribution < 1.29 is 14.6 Å². The predicted molar refractivity (Wildman–Crippen MR) is 77.8 cm³/mol. The second kappa shape index (κ2) is 6.75. The second-order valence-corrected chi connectivity index (χ2v) is 5.51. The Morgan fingerprint density at radius 3 is 3.00 bits per heavy atom. The molecule has 1 fully saturated rings. The van der Waals surface area contributed by atoms with E-state index in [-0.39, 0.29) is 18.4 Å². The molecule has 0 bridgehead atoms. The average Bonchev–Trinajstić information content (AvgIpc) is 2.49. The molecule has 0 aromatic heterocycles. The van der Waals surface area contributed by atoms with E-state index in [4.69, 9.17) is 4.74 Å². The number of ether oxygens (including phenoxy) is 1. The molecule has 1 saturated heterocycles. The molecule has 1 aromatic rings. The van der Waals surface area contributed by atoms with Crippen LogP contribution in [0.4, 0.5) is 0 Å². The summed E-state index contributed by atoms with van der Waals surface area (Å²) in [6, 6.07) is 5.89. The van der Waals surface area contributed by atoms with E-state index in [0.29, 0.717) is 13.0 Å². The van der Waals surface area contributed by atoms with Crippen molar-refractivity contribution >= 4 is 5.91 Å². The second-order valence-electron chi connectivity index (χ2n) is 5.51. The number of aliphatic hydroxyl groups excluding tert-OH is 1. The molecule has 2 rings (SSSR count). The first-order chi connectivity index (χ1) is 9.63. The standard InChI is InChI=1S/C16H23NO3/c1-12-5-6-13(8-15(12)20-2)9-16(19)17-7-3-4-14(10-17)11-18/h5-6,8,14,18H,3-4,7,9-11H2,1-2H3. The van der Waals surface area contributed by atoms with Crippen LogP contribution in [0.3, 0.4) is 0 Å². The number of piperidine rings is 1. The highest BCUT2D eigenvalue weighted by molar-refractivity contribution is 5.79.